The smallest absolute Gasteiger partial charge is 0.0615 e. The van der Waals surface area contributed by atoms with Crippen molar-refractivity contribution in [1.82, 2.24) is 10.2 Å². The Balaban J connectivity index is 2.21. The number of nitrogens with zero attached hydrogens (tertiary/aromatic N) is 1. The molecule has 1 aliphatic rings. The largest absolute Gasteiger partial charge is 0.394 e. The molecular weight excluding hydrogens is 228 g/mol. The highest BCUT2D eigenvalue weighted by Gasteiger charge is 2.31. The third kappa shape index (κ3) is 5.65. The van der Waals surface area contributed by atoms with E-state index in [1.54, 1.807) is 7.11 Å². The molecule has 1 saturated carbocycles. The summed E-state index contributed by atoms with van der Waals surface area (Å²) in [6, 6.07) is 1.10. The molecule has 2 N–H and O–H groups in total. The van der Waals surface area contributed by atoms with Gasteiger partial charge in [0.05, 0.1) is 13.2 Å². The predicted octanol–water partition coefficient (Wildman–Crippen LogP) is 1.24. The van der Waals surface area contributed by atoms with Crippen molar-refractivity contribution in [2.75, 3.05) is 33.9 Å². The second kappa shape index (κ2) is 7.43. The van der Waals surface area contributed by atoms with Gasteiger partial charge in [0.2, 0.25) is 0 Å². The van der Waals surface area contributed by atoms with E-state index in [0.717, 1.165) is 26.0 Å². The summed E-state index contributed by atoms with van der Waals surface area (Å²) in [7, 11) is 3.88. The number of aliphatic hydroxyl groups is 1. The van der Waals surface area contributed by atoms with Gasteiger partial charge < -0.3 is 20.1 Å². The van der Waals surface area contributed by atoms with E-state index in [0.29, 0.717) is 12.1 Å². The van der Waals surface area contributed by atoms with Gasteiger partial charge in [-0.25, -0.2) is 0 Å². The van der Waals surface area contributed by atoms with Crippen LogP contribution in [0.15, 0.2) is 0 Å². The highest BCUT2D eigenvalue weighted by Crippen LogP contribution is 2.24. The van der Waals surface area contributed by atoms with Gasteiger partial charge in [-0.05, 0) is 53.1 Å². The Morgan fingerprint density at radius 1 is 1.50 bits per heavy atom. The Bertz CT molecular complexity index is 234. The molecule has 0 aromatic heterocycles. The number of hydrogen-bond acceptors (Lipinski definition) is 4. The molecule has 0 aromatic rings. The monoisotopic (exact) mass is 258 g/mol. The second-order valence-corrected chi connectivity index (χ2v) is 6.03. The van der Waals surface area contributed by atoms with Gasteiger partial charge in [0, 0.05) is 24.7 Å². The molecule has 0 heterocycles. The van der Waals surface area contributed by atoms with E-state index in [4.69, 9.17) is 4.74 Å². The molecule has 2 unspecified atom stereocenters. The topological polar surface area (TPSA) is 44.7 Å². The van der Waals surface area contributed by atoms with Crippen LogP contribution in [0.4, 0.5) is 0 Å². The van der Waals surface area contributed by atoms with Gasteiger partial charge in [0.15, 0.2) is 0 Å². The predicted molar refractivity (Wildman–Crippen MR) is 74.9 cm³/mol. The lowest BCUT2D eigenvalue weighted by atomic mass is 9.96. The molecule has 1 fully saturated rings. The zero-order valence-electron chi connectivity index (χ0n) is 12.4. The lowest BCUT2D eigenvalue weighted by Crippen LogP contribution is -2.47. The number of nitrogens with one attached hydrogen (secondary N) is 1. The normalized spacial score (nSPS) is 21.0. The van der Waals surface area contributed by atoms with Gasteiger partial charge in [-0.3, -0.25) is 0 Å². The molecular formula is C14H30N2O2. The molecule has 18 heavy (non-hydrogen) atoms. The van der Waals surface area contributed by atoms with Crippen molar-refractivity contribution in [2.45, 2.75) is 57.2 Å². The van der Waals surface area contributed by atoms with Gasteiger partial charge in [-0.2, -0.15) is 0 Å². The number of methoxy groups -OCH3 is 1. The lowest BCUT2D eigenvalue weighted by molar-refractivity contribution is 0.109. The standard InChI is InChI=1S/C14H30N2O2/c1-12(10-18-4)16(3)9-5-8-14(2,11-17)15-13-6-7-13/h12-13,15,17H,5-11H2,1-4H3. The van der Waals surface area contributed by atoms with E-state index in [1.807, 2.05) is 0 Å². The highest BCUT2D eigenvalue weighted by atomic mass is 16.5. The fourth-order valence-electron chi connectivity index (χ4n) is 2.22. The van der Waals surface area contributed by atoms with Crippen LogP contribution in [0.1, 0.15) is 39.5 Å². The van der Waals surface area contributed by atoms with Crippen LogP contribution in [0.25, 0.3) is 0 Å². The summed E-state index contributed by atoms with van der Waals surface area (Å²) >= 11 is 0. The van der Waals surface area contributed by atoms with Crippen LogP contribution in [-0.4, -0.2) is 61.5 Å². The Hall–Kier alpha value is -0.160. The first-order valence-corrected chi connectivity index (χ1v) is 7.08. The molecule has 0 radical (unpaired) electrons. The van der Waals surface area contributed by atoms with Crippen molar-refractivity contribution in [2.24, 2.45) is 0 Å². The highest BCUT2D eigenvalue weighted by molar-refractivity contribution is 4.92. The fourth-order valence-corrected chi connectivity index (χ4v) is 2.22. The summed E-state index contributed by atoms with van der Waals surface area (Å²) in [5, 5.41) is 13.1. The minimum Gasteiger partial charge on any atom is -0.394 e. The number of ether oxygens (including phenoxy) is 1. The van der Waals surface area contributed by atoms with Gasteiger partial charge in [0.25, 0.3) is 0 Å². The first-order chi connectivity index (χ1) is 8.50. The molecule has 0 bridgehead atoms. The zero-order valence-corrected chi connectivity index (χ0v) is 12.4. The summed E-state index contributed by atoms with van der Waals surface area (Å²) in [5.41, 5.74) is -0.105. The van der Waals surface area contributed by atoms with Crippen LogP contribution < -0.4 is 5.32 Å². The number of likely N-dealkylation sites (N-methyl/N-ethyl adjacent to an activating group) is 1. The Morgan fingerprint density at radius 3 is 2.67 bits per heavy atom. The Morgan fingerprint density at radius 2 is 2.17 bits per heavy atom. The maximum atomic E-state index is 9.52. The summed E-state index contributed by atoms with van der Waals surface area (Å²) in [4.78, 5) is 2.32. The van der Waals surface area contributed by atoms with Crippen LogP contribution >= 0.6 is 0 Å². The molecule has 0 saturated heterocycles. The van der Waals surface area contributed by atoms with Crippen molar-refractivity contribution in [3.63, 3.8) is 0 Å². The molecule has 0 aromatic carbocycles. The minimum absolute atomic E-state index is 0.105. The molecule has 108 valence electrons. The third-order valence-electron chi connectivity index (χ3n) is 3.88. The maximum Gasteiger partial charge on any atom is 0.0615 e. The van der Waals surface area contributed by atoms with E-state index >= 15 is 0 Å². The maximum absolute atomic E-state index is 9.52. The van der Waals surface area contributed by atoms with E-state index < -0.39 is 0 Å². The molecule has 2 atom stereocenters. The number of hydrogen-bond donors (Lipinski definition) is 2. The van der Waals surface area contributed by atoms with E-state index in [2.05, 4.69) is 31.1 Å². The van der Waals surface area contributed by atoms with Gasteiger partial charge in [-0.1, -0.05) is 0 Å². The van der Waals surface area contributed by atoms with Crippen molar-refractivity contribution < 1.29 is 9.84 Å². The fraction of sp³-hybridized carbons (Fsp3) is 1.00. The van der Waals surface area contributed by atoms with Crippen LogP contribution in [0.3, 0.4) is 0 Å². The van der Waals surface area contributed by atoms with Crippen molar-refractivity contribution in [3.05, 3.63) is 0 Å². The summed E-state index contributed by atoms with van der Waals surface area (Å²) < 4.78 is 5.16. The molecule has 0 aliphatic heterocycles. The molecule has 1 rings (SSSR count). The van der Waals surface area contributed by atoms with Crippen LogP contribution in [0.5, 0.6) is 0 Å². The second-order valence-electron chi connectivity index (χ2n) is 6.03. The molecule has 0 spiro atoms. The van der Waals surface area contributed by atoms with Crippen LogP contribution in [0, 0.1) is 0 Å². The van der Waals surface area contributed by atoms with E-state index in [1.165, 1.54) is 12.8 Å². The third-order valence-corrected chi connectivity index (χ3v) is 3.88. The number of rotatable bonds is 10. The first kappa shape index (κ1) is 15.9. The van der Waals surface area contributed by atoms with E-state index in [9.17, 15) is 5.11 Å². The Labute approximate surface area is 112 Å². The Kier molecular flexibility index (Phi) is 6.57. The first-order valence-electron chi connectivity index (χ1n) is 7.08. The summed E-state index contributed by atoms with van der Waals surface area (Å²) in [6.45, 7) is 6.35. The SMILES string of the molecule is COCC(C)N(C)CCCC(C)(CO)NC1CC1. The summed E-state index contributed by atoms with van der Waals surface area (Å²) in [5.74, 6) is 0. The molecule has 1 aliphatic carbocycles. The zero-order chi connectivity index (χ0) is 13.6. The van der Waals surface area contributed by atoms with Crippen molar-refractivity contribution in [1.29, 1.82) is 0 Å². The molecule has 4 heteroatoms. The van der Waals surface area contributed by atoms with E-state index in [-0.39, 0.29) is 12.1 Å². The lowest BCUT2D eigenvalue weighted by Gasteiger charge is -2.31. The molecule has 4 nitrogen and oxygen atoms in total. The van der Waals surface area contributed by atoms with Gasteiger partial charge in [0.1, 0.15) is 0 Å². The van der Waals surface area contributed by atoms with Crippen LogP contribution in [0.2, 0.25) is 0 Å². The summed E-state index contributed by atoms with van der Waals surface area (Å²) in [6.07, 6.45) is 4.64. The van der Waals surface area contributed by atoms with Gasteiger partial charge in [-0.15, -0.1) is 0 Å². The minimum atomic E-state index is -0.105. The van der Waals surface area contributed by atoms with Crippen LogP contribution in [-0.2, 0) is 4.74 Å². The average molecular weight is 258 g/mol. The van der Waals surface area contributed by atoms with Gasteiger partial charge >= 0.3 is 0 Å². The van der Waals surface area contributed by atoms with Crippen molar-refractivity contribution in [3.8, 4) is 0 Å². The molecule has 0 amide bonds. The number of aliphatic hydroxyl groups excluding tert-OH is 1. The van der Waals surface area contributed by atoms with Crippen molar-refractivity contribution >= 4 is 0 Å². The quantitative estimate of drug-likeness (QED) is 0.619. The average Bonchev–Trinajstić information content (AvgIpc) is 3.13.